The van der Waals surface area contributed by atoms with Crippen LogP contribution >= 0.6 is 0 Å². The topological polar surface area (TPSA) is 63.5 Å². The van der Waals surface area contributed by atoms with Crippen LogP contribution < -0.4 is 15.4 Å². The zero-order valence-electron chi connectivity index (χ0n) is 14.5. The molecule has 0 aromatic carbocycles. The van der Waals surface area contributed by atoms with Crippen LogP contribution in [0, 0.1) is 5.41 Å². The van der Waals surface area contributed by atoms with Gasteiger partial charge in [0.25, 0.3) is 0 Å². The highest BCUT2D eigenvalue weighted by Crippen LogP contribution is 2.51. The predicted molar refractivity (Wildman–Crippen MR) is 97.0 cm³/mol. The first kappa shape index (κ1) is 16.4. The van der Waals surface area contributed by atoms with Gasteiger partial charge in [0.2, 0.25) is 0 Å². The van der Waals surface area contributed by atoms with Crippen LogP contribution in [0.3, 0.4) is 0 Å². The number of alkyl halides is 2. The molecule has 1 saturated heterocycles. The zero-order valence-corrected chi connectivity index (χ0v) is 14.5. The smallest absolute Gasteiger partial charge is 0.387 e. The second-order valence-corrected chi connectivity index (χ2v) is 7.21. The monoisotopic (exact) mass is 371 g/mol. The number of halogens is 2. The number of fused-ring (bicyclic) bond motifs is 1. The maximum absolute atomic E-state index is 12.5. The highest BCUT2D eigenvalue weighted by atomic mass is 19.3. The van der Waals surface area contributed by atoms with Gasteiger partial charge >= 0.3 is 6.61 Å². The first-order valence-corrected chi connectivity index (χ1v) is 9.00. The van der Waals surface area contributed by atoms with E-state index in [1.807, 2.05) is 18.2 Å². The lowest BCUT2D eigenvalue weighted by Gasteiger charge is -2.19. The minimum absolute atomic E-state index is 0.0822. The van der Waals surface area contributed by atoms with Crippen molar-refractivity contribution in [3.05, 3.63) is 42.7 Å². The summed E-state index contributed by atoms with van der Waals surface area (Å²) in [5.74, 6) is 0.890. The number of pyridine rings is 2. The SMILES string of the molecule is FC(F)Oc1ccc2ncc(-c3cccc(N[C@H]4CNCC45CC5)n3)n2c1. The summed E-state index contributed by atoms with van der Waals surface area (Å²) in [7, 11) is 0. The number of hydrogen-bond donors (Lipinski definition) is 2. The molecule has 2 aliphatic rings. The molecular weight excluding hydrogens is 352 g/mol. The number of rotatable bonds is 5. The van der Waals surface area contributed by atoms with Crippen molar-refractivity contribution in [1.29, 1.82) is 0 Å². The van der Waals surface area contributed by atoms with Gasteiger partial charge in [-0.15, -0.1) is 0 Å². The standard InChI is InChI=1S/C19H19F2N5O/c20-18(21)27-12-4-5-17-23-8-14(26(17)10-12)13-2-1-3-16(24-13)25-15-9-22-11-19(15)6-7-19/h1-5,8,10,15,18,22H,6-7,9,11H2,(H,24,25)/t15-/m0/s1. The molecule has 2 N–H and O–H groups in total. The Balaban J connectivity index is 1.46. The summed E-state index contributed by atoms with van der Waals surface area (Å²) in [6.07, 6.45) is 5.69. The molecule has 2 fully saturated rings. The Kier molecular flexibility index (Phi) is 3.75. The minimum atomic E-state index is -2.87. The summed E-state index contributed by atoms with van der Waals surface area (Å²) in [6.45, 7) is -0.866. The Morgan fingerprint density at radius 3 is 2.96 bits per heavy atom. The molecule has 5 rings (SSSR count). The van der Waals surface area contributed by atoms with Crippen LogP contribution in [0.4, 0.5) is 14.6 Å². The average molecular weight is 371 g/mol. The van der Waals surface area contributed by atoms with E-state index in [9.17, 15) is 8.78 Å². The highest BCUT2D eigenvalue weighted by molar-refractivity contribution is 5.62. The first-order chi connectivity index (χ1) is 13.1. The van der Waals surface area contributed by atoms with Crippen molar-refractivity contribution in [2.24, 2.45) is 5.41 Å². The summed E-state index contributed by atoms with van der Waals surface area (Å²) in [5, 5.41) is 7.01. The summed E-state index contributed by atoms with van der Waals surface area (Å²) in [6, 6.07) is 9.27. The third-order valence-corrected chi connectivity index (χ3v) is 5.49. The fourth-order valence-electron chi connectivity index (χ4n) is 3.85. The molecule has 0 bridgehead atoms. The zero-order chi connectivity index (χ0) is 18.4. The molecule has 1 saturated carbocycles. The van der Waals surface area contributed by atoms with Gasteiger partial charge in [-0.25, -0.2) is 9.97 Å². The Labute approximate surface area is 154 Å². The summed E-state index contributed by atoms with van der Waals surface area (Å²) >= 11 is 0. The van der Waals surface area contributed by atoms with Crippen LogP contribution in [0.15, 0.2) is 42.7 Å². The van der Waals surface area contributed by atoms with Crippen molar-refractivity contribution < 1.29 is 13.5 Å². The summed E-state index contributed by atoms with van der Waals surface area (Å²) in [4.78, 5) is 9.05. The van der Waals surface area contributed by atoms with Gasteiger partial charge in [0.15, 0.2) is 0 Å². The number of hydrogen-bond acceptors (Lipinski definition) is 5. The van der Waals surface area contributed by atoms with Gasteiger partial charge < -0.3 is 15.4 Å². The van der Waals surface area contributed by atoms with Gasteiger partial charge in [-0.3, -0.25) is 4.40 Å². The third-order valence-electron chi connectivity index (χ3n) is 5.49. The number of nitrogens with one attached hydrogen (secondary N) is 2. The maximum atomic E-state index is 12.5. The van der Waals surface area contributed by atoms with Crippen molar-refractivity contribution in [2.75, 3.05) is 18.4 Å². The van der Waals surface area contributed by atoms with Crippen molar-refractivity contribution >= 4 is 11.5 Å². The molecule has 4 heterocycles. The van der Waals surface area contributed by atoms with Crippen molar-refractivity contribution in [1.82, 2.24) is 19.7 Å². The van der Waals surface area contributed by atoms with E-state index in [1.165, 1.54) is 25.1 Å². The van der Waals surface area contributed by atoms with E-state index < -0.39 is 6.61 Å². The Bertz CT molecular complexity index is 985. The molecule has 1 atom stereocenters. The van der Waals surface area contributed by atoms with E-state index in [0.717, 1.165) is 30.3 Å². The van der Waals surface area contributed by atoms with Crippen LogP contribution in [0.25, 0.3) is 17.0 Å². The molecule has 27 heavy (non-hydrogen) atoms. The fourth-order valence-corrected chi connectivity index (χ4v) is 3.85. The number of ether oxygens (including phenoxy) is 1. The van der Waals surface area contributed by atoms with Crippen LogP contribution in [0.2, 0.25) is 0 Å². The largest absolute Gasteiger partial charge is 0.433 e. The maximum Gasteiger partial charge on any atom is 0.387 e. The fraction of sp³-hybridized carbons (Fsp3) is 0.368. The number of aromatic nitrogens is 3. The van der Waals surface area contributed by atoms with E-state index >= 15 is 0 Å². The van der Waals surface area contributed by atoms with Crippen LogP contribution in [0.1, 0.15) is 12.8 Å². The van der Waals surface area contributed by atoms with E-state index in [2.05, 4.69) is 20.4 Å². The Morgan fingerprint density at radius 1 is 1.26 bits per heavy atom. The van der Waals surface area contributed by atoms with Gasteiger partial charge in [-0.05, 0) is 37.1 Å². The number of imidazole rings is 1. The lowest BCUT2D eigenvalue weighted by Crippen LogP contribution is -2.29. The van der Waals surface area contributed by atoms with Crippen molar-refractivity contribution in [3.63, 3.8) is 0 Å². The molecule has 6 nitrogen and oxygen atoms in total. The average Bonchev–Trinajstić information content (AvgIpc) is 3.15. The van der Waals surface area contributed by atoms with Gasteiger partial charge in [-0.2, -0.15) is 8.78 Å². The van der Waals surface area contributed by atoms with Crippen molar-refractivity contribution in [3.8, 4) is 17.1 Å². The molecule has 0 radical (unpaired) electrons. The molecule has 1 spiro atoms. The summed E-state index contributed by atoms with van der Waals surface area (Å²) < 4.78 is 31.2. The molecule has 1 aliphatic carbocycles. The van der Waals surface area contributed by atoms with Gasteiger partial charge in [0, 0.05) is 24.5 Å². The molecule has 0 amide bonds. The van der Waals surface area contributed by atoms with Crippen molar-refractivity contribution in [2.45, 2.75) is 25.5 Å². The van der Waals surface area contributed by atoms with E-state index in [1.54, 1.807) is 16.7 Å². The number of anilines is 1. The molecule has 1 aliphatic heterocycles. The van der Waals surface area contributed by atoms with Gasteiger partial charge in [-0.1, -0.05) is 6.07 Å². The normalized spacial score (nSPS) is 20.5. The predicted octanol–water partition coefficient (Wildman–Crippen LogP) is 3.16. The second-order valence-electron chi connectivity index (χ2n) is 7.21. The Hall–Kier alpha value is -2.74. The molecular formula is C19H19F2N5O. The lowest BCUT2D eigenvalue weighted by molar-refractivity contribution is -0.0501. The van der Waals surface area contributed by atoms with E-state index in [4.69, 9.17) is 4.98 Å². The molecule has 8 heteroatoms. The lowest BCUT2D eigenvalue weighted by atomic mass is 10.0. The van der Waals surface area contributed by atoms with Gasteiger partial charge in [0.1, 0.15) is 17.2 Å². The molecule has 3 aromatic rings. The van der Waals surface area contributed by atoms with E-state index in [0.29, 0.717) is 17.1 Å². The third kappa shape index (κ3) is 2.99. The Morgan fingerprint density at radius 2 is 2.15 bits per heavy atom. The molecule has 3 aromatic heterocycles. The van der Waals surface area contributed by atoms with Gasteiger partial charge in [0.05, 0.1) is 23.8 Å². The second kappa shape index (κ2) is 6.16. The minimum Gasteiger partial charge on any atom is -0.433 e. The van der Waals surface area contributed by atoms with Crippen LogP contribution in [-0.2, 0) is 0 Å². The van der Waals surface area contributed by atoms with E-state index in [-0.39, 0.29) is 5.75 Å². The number of nitrogens with zero attached hydrogens (tertiary/aromatic N) is 3. The van der Waals surface area contributed by atoms with Crippen LogP contribution in [0.5, 0.6) is 5.75 Å². The highest BCUT2D eigenvalue weighted by Gasteiger charge is 2.52. The quantitative estimate of drug-likeness (QED) is 0.721. The molecule has 0 unspecified atom stereocenters. The first-order valence-electron chi connectivity index (χ1n) is 9.00. The summed E-state index contributed by atoms with van der Waals surface area (Å²) in [5.41, 5.74) is 2.46. The van der Waals surface area contributed by atoms with Crippen LogP contribution in [-0.4, -0.2) is 40.1 Å². The molecule has 140 valence electrons.